The number of likely N-dealkylation sites (tertiary alicyclic amines) is 1. The van der Waals surface area contributed by atoms with Crippen LogP contribution >= 0.6 is 11.3 Å². The number of aryl methyl sites for hydroxylation is 1. The van der Waals surface area contributed by atoms with Gasteiger partial charge in [-0.2, -0.15) is 0 Å². The van der Waals surface area contributed by atoms with Crippen LogP contribution in [-0.2, 0) is 9.59 Å². The summed E-state index contributed by atoms with van der Waals surface area (Å²) in [5, 5.41) is 6.44. The number of rotatable bonds is 7. The van der Waals surface area contributed by atoms with E-state index in [1.807, 2.05) is 77.9 Å². The summed E-state index contributed by atoms with van der Waals surface area (Å²) in [6, 6.07) is 10.4. The molecule has 0 radical (unpaired) electrons. The summed E-state index contributed by atoms with van der Waals surface area (Å²) in [6.07, 6.45) is 4.54. The molecule has 0 spiro atoms. The monoisotopic (exact) mass is 542 g/mol. The van der Waals surface area contributed by atoms with Crippen molar-refractivity contribution in [3.8, 4) is 10.4 Å². The van der Waals surface area contributed by atoms with Crippen LogP contribution < -0.4 is 5.32 Å². The second-order valence-corrected chi connectivity index (χ2v) is 9.91. The summed E-state index contributed by atoms with van der Waals surface area (Å²) in [4.78, 5) is 30.3. The zero-order valence-corrected chi connectivity index (χ0v) is 25.3. The molecule has 4 rings (SSSR count). The molecule has 210 valence electrons. The van der Waals surface area contributed by atoms with Crippen LogP contribution in [0.3, 0.4) is 0 Å². The van der Waals surface area contributed by atoms with E-state index in [-0.39, 0.29) is 23.8 Å². The molecule has 1 aliphatic heterocycles. The number of amides is 2. The Labute approximate surface area is 233 Å². The molecule has 3 unspecified atom stereocenters. The van der Waals surface area contributed by atoms with Gasteiger partial charge in [0.1, 0.15) is 11.7 Å². The van der Waals surface area contributed by atoms with Gasteiger partial charge in [0.25, 0.3) is 0 Å². The number of carbonyl (C=O) groups excluding carboxylic acids is 2. The minimum absolute atomic E-state index is 0.0455. The quantitative estimate of drug-likeness (QED) is 0.314. The van der Waals surface area contributed by atoms with Crippen molar-refractivity contribution < 1.29 is 14.1 Å². The summed E-state index contributed by atoms with van der Waals surface area (Å²) in [5.74, 6) is 0.896. The van der Waals surface area contributed by atoms with Gasteiger partial charge in [0.2, 0.25) is 12.3 Å². The molecule has 7 nitrogen and oxygen atoms in total. The number of hydrogen-bond donors (Lipinski definition) is 1. The first-order valence-corrected chi connectivity index (χ1v) is 14.6. The first kappa shape index (κ1) is 33.0. The SMILES string of the molecule is CC.CC.CC(C)C(C(=O)N1CCCC1C)c1ccno1.Cc1ncsc1-c1ccc(C(C)NC=O)cc1. The molecule has 0 aliphatic carbocycles. The summed E-state index contributed by atoms with van der Waals surface area (Å²) in [7, 11) is 0. The van der Waals surface area contributed by atoms with E-state index in [9.17, 15) is 9.59 Å². The van der Waals surface area contributed by atoms with Crippen LogP contribution in [0.5, 0.6) is 0 Å². The van der Waals surface area contributed by atoms with E-state index in [1.165, 1.54) is 10.4 Å². The van der Waals surface area contributed by atoms with Crippen molar-refractivity contribution in [2.75, 3.05) is 6.54 Å². The Morgan fingerprint density at radius 2 is 1.79 bits per heavy atom. The molecule has 1 aliphatic rings. The normalized spacial score (nSPS) is 15.6. The van der Waals surface area contributed by atoms with Gasteiger partial charge in [-0.15, -0.1) is 11.3 Å². The number of thiazole rings is 1. The van der Waals surface area contributed by atoms with E-state index in [0.29, 0.717) is 11.8 Å². The van der Waals surface area contributed by atoms with Crippen LogP contribution in [0.25, 0.3) is 10.4 Å². The fourth-order valence-electron chi connectivity index (χ4n) is 4.26. The number of hydrogen-bond acceptors (Lipinski definition) is 6. The van der Waals surface area contributed by atoms with Crippen molar-refractivity contribution >= 4 is 23.7 Å². The van der Waals surface area contributed by atoms with Crippen molar-refractivity contribution in [1.82, 2.24) is 20.4 Å². The van der Waals surface area contributed by atoms with E-state index < -0.39 is 0 Å². The lowest BCUT2D eigenvalue weighted by Crippen LogP contribution is -2.38. The molecule has 1 N–H and O–H groups in total. The minimum Gasteiger partial charge on any atom is -0.361 e. The van der Waals surface area contributed by atoms with Gasteiger partial charge in [-0.1, -0.05) is 71.0 Å². The smallest absolute Gasteiger partial charge is 0.233 e. The number of aromatic nitrogens is 2. The Kier molecular flexibility index (Phi) is 15.2. The highest BCUT2D eigenvalue weighted by Crippen LogP contribution is 2.30. The summed E-state index contributed by atoms with van der Waals surface area (Å²) in [6.45, 7) is 19.1. The first-order chi connectivity index (χ1) is 18.3. The molecule has 1 saturated heterocycles. The molecule has 0 bridgehead atoms. The molecule has 2 amide bonds. The molecule has 3 aromatic rings. The third kappa shape index (κ3) is 9.08. The zero-order chi connectivity index (χ0) is 28.7. The first-order valence-electron chi connectivity index (χ1n) is 13.7. The van der Waals surface area contributed by atoms with Gasteiger partial charge in [-0.25, -0.2) is 4.98 Å². The van der Waals surface area contributed by atoms with Crippen LogP contribution in [0.1, 0.15) is 97.2 Å². The van der Waals surface area contributed by atoms with Crippen molar-refractivity contribution in [3.05, 3.63) is 59.1 Å². The highest BCUT2D eigenvalue weighted by molar-refractivity contribution is 7.13. The second kappa shape index (κ2) is 17.5. The maximum atomic E-state index is 12.5. The van der Waals surface area contributed by atoms with Gasteiger partial charge in [0.15, 0.2) is 0 Å². The fourth-order valence-corrected chi connectivity index (χ4v) is 5.07. The van der Waals surface area contributed by atoms with Crippen LogP contribution in [0.2, 0.25) is 0 Å². The number of carbonyl (C=O) groups is 2. The molecule has 1 fully saturated rings. The second-order valence-electron chi connectivity index (χ2n) is 9.05. The zero-order valence-electron chi connectivity index (χ0n) is 24.5. The lowest BCUT2D eigenvalue weighted by Gasteiger charge is -2.27. The number of nitrogens with zero attached hydrogens (tertiary/aromatic N) is 3. The summed E-state index contributed by atoms with van der Waals surface area (Å²) in [5.41, 5.74) is 5.19. The molecule has 2 aromatic heterocycles. The van der Waals surface area contributed by atoms with E-state index >= 15 is 0 Å². The summed E-state index contributed by atoms with van der Waals surface area (Å²) < 4.78 is 5.18. The molecule has 8 heteroatoms. The lowest BCUT2D eigenvalue weighted by atomic mass is 9.91. The standard InChI is InChI=1S/C13H20N2O2.C13H14N2OS.2C2H6/c1-9(2)12(11-6-7-14-17-11)13(16)15-8-4-5-10(15)3;1-9(14-7-16)11-3-5-12(6-4-11)13-10(2)15-8-17-13;2*1-2/h6-7,9-10,12H,4-5,8H2,1-3H3;3-9H,1-2H3,(H,14,16);2*1-2H3. The molecular formula is C30H46N4O3S. The Morgan fingerprint density at radius 3 is 2.24 bits per heavy atom. The highest BCUT2D eigenvalue weighted by atomic mass is 32.1. The molecule has 1 aromatic carbocycles. The fraction of sp³-hybridized carbons (Fsp3) is 0.533. The average Bonchev–Trinajstić information content (AvgIpc) is 3.70. The lowest BCUT2D eigenvalue weighted by molar-refractivity contribution is -0.134. The van der Waals surface area contributed by atoms with Gasteiger partial charge < -0.3 is 14.7 Å². The Bertz CT molecular complexity index is 1050. The van der Waals surface area contributed by atoms with Crippen LogP contribution in [0.15, 0.2) is 46.6 Å². The number of benzene rings is 1. The molecule has 38 heavy (non-hydrogen) atoms. The number of nitrogens with one attached hydrogen (secondary N) is 1. The molecule has 3 heterocycles. The average molecular weight is 543 g/mol. The van der Waals surface area contributed by atoms with Crippen molar-refractivity contribution in [1.29, 1.82) is 0 Å². The van der Waals surface area contributed by atoms with Crippen molar-refractivity contribution in [2.45, 2.75) is 93.2 Å². The van der Waals surface area contributed by atoms with E-state index in [0.717, 1.165) is 37.1 Å². The molecule has 3 atom stereocenters. The van der Waals surface area contributed by atoms with Crippen LogP contribution in [-0.4, -0.2) is 39.9 Å². The van der Waals surface area contributed by atoms with Gasteiger partial charge >= 0.3 is 0 Å². The molecular weight excluding hydrogens is 496 g/mol. The van der Waals surface area contributed by atoms with Gasteiger partial charge in [-0.05, 0) is 50.7 Å². The van der Waals surface area contributed by atoms with Gasteiger partial charge in [-0.3, -0.25) is 9.59 Å². The van der Waals surface area contributed by atoms with Crippen LogP contribution in [0, 0.1) is 12.8 Å². The van der Waals surface area contributed by atoms with Gasteiger partial charge in [0, 0.05) is 18.7 Å². The van der Waals surface area contributed by atoms with Crippen molar-refractivity contribution in [3.63, 3.8) is 0 Å². The van der Waals surface area contributed by atoms with E-state index in [1.54, 1.807) is 23.6 Å². The molecule has 0 saturated carbocycles. The predicted octanol–water partition coefficient (Wildman–Crippen LogP) is 7.40. The third-order valence-electron chi connectivity index (χ3n) is 6.27. The topological polar surface area (TPSA) is 88.3 Å². The maximum Gasteiger partial charge on any atom is 0.233 e. The Hall–Kier alpha value is -3.00. The Morgan fingerprint density at radius 1 is 1.13 bits per heavy atom. The van der Waals surface area contributed by atoms with Gasteiger partial charge in [0.05, 0.1) is 28.3 Å². The largest absolute Gasteiger partial charge is 0.361 e. The third-order valence-corrected chi connectivity index (χ3v) is 7.25. The predicted molar refractivity (Wildman–Crippen MR) is 157 cm³/mol. The minimum atomic E-state index is -0.196. The van der Waals surface area contributed by atoms with E-state index in [2.05, 4.69) is 34.5 Å². The van der Waals surface area contributed by atoms with E-state index in [4.69, 9.17) is 4.52 Å². The maximum absolute atomic E-state index is 12.5. The summed E-state index contributed by atoms with van der Waals surface area (Å²) >= 11 is 1.64. The van der Waals surface area contributed by atoms with Crippen molar-refractivity contribution in [2.24, 2.45) is 5.92 Å². The van der Waals surface area contributed by atoms with Crippen LogP contribution in [0.4, 0.5) is 0 Å². The Balaban J connectivity index is 0.000000336. The highest BCUT2D eigenvalue weighted by Gasteiger charge is 2.35.